The Morgan fingerprint density at radius 1 is 1.38 bits per heavy atom. The van der Waals surface area contributed by atoms with Crippen LogP contribution in [0, 0.1) is 5.41 Å². The Labute approximate surface area is 105 Å². The molecule has 0 atom stereocenters. The number of nitrogens with one attached hydrogen (secondary N) is 1. The molecule has 0 bridgehead atoms. The molecule has 0 radical (unpaired) electrons. The molecule has 4 nitrogen and oxygen atoms in total. The molecule has 6 heteroatoms. The van der Waals surface area contributed by atoms with Crippen molar-refractivity contribution >= 4 is 21.8 Å². The monoisotopic (exact) mass is 270 g/mol. The number of rotatable bonds is 7. The maximum atomic E-state index is 11.8. The average Bonchev–Trinajstić information content (AvgIpc) is 2.14. The van der Waals surface area contributed by atoms with Gasteiger partial charge in [-0.25, -0.2) is 4.72 Å². The second-order valence-electron chi connectivity index (χ2n) is 5.04. The number of nitrogens with zero attached hydrogens (tertiary/aromatic N) is 1. The molecule has 0 aliphatic heterocycles. The van der Waals surface area contributed by atoms with Gasteiger partial charge < -0.3 is 0 Å². The predicted molar refractivity (Wildman–Crippen MR) is 68.9 cm³/mol. The molecule has 98 valence electrons. The van der Waals surface area contributed by atoms with Crippen molar-refractivity contribution in [3.05, 3.63) is 0 Å². The minimum atomic E-state index is -3.37. The number of alkyl halides is 1. The van der Waals surface area contributed by atoms with Crippen LogP contribution < -0.4 is 4.72 Å². The summed E-state index contributed by atoms with van der Waals surface area (Å²) >= 11 is 5.66. The quantitative estimate of drug-likeness (QED) is 0.718. The highest BCUT2D eigenvalue weighted by molar-refractivity contribution is 7.87. The van der Waals surface area contributed by atoms with Crippen LogP contribution >= 0.6 is 11.6 Å². The van der Waals surface area contributed by atoms with Crippen LogP contribution in [0.5, 0.6) is 0 Å². The van der Waals surface area contributed by atoms with Crippen LogP contribution in [0.25, 0.3) is 0 Å². The van der Waals surface area contributed by atoms with Crippen molar-refractivity contribution in [2.45, 2.75) is 40.2 Å². The molecule has 0 spiro atoms. The molecule has 0 aliphatic carbocycles. The molecule has 0 amide bonds. The van der Waals surface area contributed by atoms with Crippen molar-refractivity contribution in [1.29, 1.82) is 0 Å². The maximum absolute atomic E-state index is 11.8. The first-order valence-corrected chi connectivity index (χ1v) is 7.38. The van der Waals surface area contributed by atoms with E-state index >= 15 is 0 Å². The molecule has 0 saturated heterocycles. The molecule has 0 aromatic rings. The van der Waals surface area contributed by atoms with Gasteiger partial charge in [-0.1, -0.05) is 13.8 Å². The summed E-state index contributed by atoms with van der Waals surface area (Å²) in [5.74, 6) is 0.536. The standard InChI is InChI=1S/C10H23ClN2O2S/c1-9(2)13(5)16(14,15)12-8-10(3,4)6-7-11/h9,12H,6-8H2,1-5H3. The van der Waals surface area contributed by atoms with E-state index in [-0.39, 0.29) is 11.5 Å². The summed E-state index contributed by atoms with van der Waals surface area (Å²) in [6.45, 7) is 8.06. The van der Waals surface area contributed by atoms with Gasteiger partial charge in [-0.15, -0.1) is 11.6 Å². The fourth-order valence-corrected chi connectivity index (χ4v) is 2.85. The van der Waals surface area contributed by atoms with E-state index in [9.17, 15) is 8.42 Å². The summed E-state index contributed by atoms with van der Waals surface area (Å²) in [6, 6.07) is -0.0476. The number of hydrogen-bond donors (Lipinski definition) is 1. The van der Waals surface area contributed by atoms with Gasteiger partial charge in [0.1, 0.15) is 0 Å². The van der Waals surface area contributed by atoms with Gasteiger partial charge in [-0.3, -0.25) is 0 Å². The van der Waals surface area contributed by atoms with Crippen LogP contribution in [-0.4, -0.2) is 38.2 Å². The Kier molecular flexibility index (Phi) is 6.25. The molecule has 1 N–H and O–H groups in total. The minimum absolute atomic E-state index is 0.0476. The van der Waals surface area contributed by atoms with Crippen LogP contribution in [0.3, 0.4) is 0 Å². The first kappa shape index (κ1) is 16.2. The Morgan fingerprint density at radius 3 is 2.25 bits per heavy atom. The zero-order chi connectivity index (χ0) is 13.0. The third kappa shape index (κ3) is 5.48. The lowest BCUT2D eigenvalue weighted by atomic mass is 9.91. The van der Waals surface area contributed by atoms with Crippen molar-refractivity contribution in [2.24, 2.45) is 5.41 Å². The minimum Gasteiger partial charge on any atom is -0.202 e. The summed E-state index contributed by atoms with van der Waals surface area (Å²) in [5, 5.41) is 0. The van der Waals surface area contributed by atoms with Gasteiger partial charge in [-0.05, 0) is 25.7 Å². The zero-order valence-corrected chi connectivity index (χ0v) is 12.3. The van der Waals surface area contributed by atoms with Gasteiger partial charge in [0.15, 0.2) is 0 Å². The van der Waals surface area contributed by atoms with Crippen LogP contribution in [0.4, 0.5) is 0 Å². The molecule has 0 rings (SSSR count). The largest absolute Gasteiger partial charge is 0.279 e. The first-order valence-electron chi connectivity index (χ1n) is 5.41. The lowest BCUT2D eigenvalue weighted by Gasteiger charge is -2.27. The first-order chi connectivity index (χ1) is 7.12. The van der Waals surface area contributed by atoms with E-state index < -0.39 is 10.2 Å². The summed E-state index contributed by atoms with van der Waals surface area (Å²) in [4.78, 5) is 0. The van der Waals surface area contributed by atoms with Gasteiger partial charge in [-0.2, -0.15) is 12.7 Å². The average molecular weight is 271 g/mol. The normalized spacial score (nSPS) is 13.8. The van der Waals surface area contributed by atoms with Gasteiger partial charge in [0.25, 0.3) is 10.2 Å². The highest BCUT2D eigenvalue weighted by Crippen LogP contribution is 2.20. The molecule has 16 heavy (non-hydrogen) atoms. The van der Waals surface area contributed by atoms with E-state index in [0.29, 0.717) is 12.4 Å². The van der Waals surface area contributed by atoms with Gasteiger partial charge in [0.2, 0.25) is 0 Å². The van der Waals surface area contributed by atoms with Gasteiger partial charge in [0, 0.05) is 25.5 Å². The Morgan fingerprint density at radius 2 is 1.88 bits per heavy atom. The third-order valence-corrected chi connectivity index (χ3v) is 4.49. The molecule has 0 aliphatic rings. The lowest BCUT2D eigenvalue weighted by molar-refractivity contribution is 0.339. The van der Waals surface area contributed by atoms with Crippen molar-refractivity contribution < 1.29 is 8.42 Å². The Hall–Kier alpha value is 0.160. The topological polar surface area (TPSA) is 49.4 Å². The summed E-state index contributed by atoms with van der Waals surface area (Å²) in [7, 11) is -1.80. The summed E-state index contributed by atoms with van der Waals surface area (Å²) in [5.41, 5.74) is -0.118. The molecule has 0 aromatic carbocycles. The van der Waals surface area contributed by atoms with Crippen LogP contribution in [-0.2, 0) is 10.2 Å². The van der Waals surface area contributed by atoms with Crippen molar-refractivity contribution in [3.8, 4) is 0 Å². The fraction of sp³-hybridized carbons (Fsp3) is 1.00. The van der Waals surface area contributed by atoms with E-state index in [1.54, 1.807) is 7.05 Å². The van der Waals surface area contributed by atoms with Gasteiger partial charge in [0.05, 0.1) is 0 Å². The van der Waals surface area contributed by atoms with E-state index in [2.05, 4.69) is 4.72 Å². The highest BCUT2D eigenvalue weighted by atomic mass is 35.5. The molecule has 0 aromatic heterocycles. The SMILES string of the molecule is CC(C)N(C)S(=O)(=O)NCC(C)(C)CCCl. The van der Waals surface area contributed by atoms with Crippen LogP contribution in [0.15, 0.2) is 0 Å². The van der Waals surface area contributed by atoms with E-state index in [4.69, 9.17) is 11.6 Å². The van der Waals surface area contributed by atoms with Crippen molar-refractivity contribution in [3.63, 3.8) is 0 Å². The second kappa shape index (κ2) is 6.19. The Bertz CT molecular complexity index is 302. The Balaban J connectivity index is 4.40. The van der Waals surface area contributed by atoms with E-state index in [0.717, 1.165) is 6.42 Å². The van der Waals surface area contributed by atoms with E-state index in [1.807, 2.05) is 27.7 Å². The summed E-state index contributed by atoms with van der Waals surface area (Å²) < 4.78 is 27.5. The number of halogens is 1. The molecule has 0 saturated carbocycles. The lowest BCUT2D eigenvalue weighted by Crippen LogP contribution is -2.45. The third-order valence-electron chi connectivity index (χ3n) is 2.61. The number of hydrogen-bond acceptors (Lipinski definition) is 2. The van der Waals surface area contributed by atoms with Crippen molar-refractivity contribution in [1.82, 2.24) is 9.03 Å². The maximum Gasteiger partial charge on any atom is 0.279 e. The molecule has 0 fully saturated rings. The van der Waals surface area contributed by atoms with Crippen LogP contribution in [0.1, 0.15) is 34.1 Å². The molecule has 0 heterocycles. The zero-order valence-electron chi connectivity index (χ0n) is 10.7. The van der Waals surface area contributed by atoms with Crippen molar-refractivity contribution in [2.75, 3.05) is 19.5 Å². The molecular weight excluding hydrogens is 248 g/mol. The second-order valence-corrected chi connectivity index (χ2v) is 7.23. The molecule has 0 unspecified atom stereocenters. The van der Waals surface area contributed by atoms with Gasteiger partial charge >= 0.3 is 0 Å². The fourth-order valence-electron chi connectivity index (χ4n) is 1.01. The summed E-state index contributed by atoms with van der Waals surface area (Å²) in [6.07, 6.45) is 0.780. The highest BCUT2D eigenvalue weighted by Gasteiger charge is 2.24. The van der Waals surface area contributed by atoms with E-state index in [1.165, 1.54) is 4.31 Å². The molecular formula is C10H23ClN2O2S. The predicted octanol–water partition coefficient (Wildman–Crippen LogP) is 1.82. The van der Waals surface area contributed by atoms with Crippen LogP contribution in [0.2, 0.25) is 0 Å². The smallest absolute Gasteiger partial charge is 0.202 e.